The number of halogens is 3. The van der Waals surface area contributed by atoms with E-state index in [9.17, 15) is 18.0 Å². The molecule has 0 aliphatic carbocycles. The minimum atomic E-state index is -1.000. The fourth-order valence-corrected chi connectivity index (χ4v) is 1.14. The van der Waals surface area contributed by atoms with Gasteiger partial charge in [0.1, 0.15) is 11.5 Å². The number of rotatable bonds is 4. The average molecular weight is 232 g/mol. The van der Waals surface area contributed by atoms with Crippen LogP contribution in [0.3, 0.4) is 0 Å². The Balaban J connectivity index is 2.57. The molecule has 1 amide bonds. The first-order valence-corrected chi connectivity index (χ1v) is 4.63. The van der Waals surface area contributed by atoms with Gasteiger partial charge in [0.25, 0.3) is 0 Å². The van der Waals surface area contributed by atoms with Crippen LogP contribution >= 0.6 is 0 Å². The second kappa shape index (κ2) is 5.39. The molecule has 16 heavy (non-hydrogen) atoms. The van der Waals surface area contributed by atoms with Crippen LogP contribution in [-0.4, -0.2) is 19.0 Å². The quantitative estimate of drug-likeness (QED) is 0.775. The number of hydrogen-bond donors (Lipinski definition) is 2. The Bertz CT molecular complexity index is 373. The minimum absolute atomic E-state index is 0.152. The smallest absolute Gasteiger partial charge is 0.216 e. The maximum atomic E-state index is 13.1. The molecule has 0 aromatic heterocycles. The van der Waals surface area contributed by atoms with E-state index in [1.165, 1.54) is 6.92 Å². The second-order valence-electron chi connectivity index (χ2n) is 3.15. The highest BCUT2D eigenvalue weighted by molar-refractivity contribution is 5.72. The molecule has 0 fully saturated rings. The van der Waals surface area contributed by atoms with Crippen LogP contribution in [0.5, 0.6) is 0 Å². The second-order valence-corrected chi connectivity index (χ2v) is 3.15. The molecule has 0 heterocycles. The minimum Gasteiger partial charge on any atom is -0.379 e. The van der Waals surface area contributed by atoms with E-state index in [-0.39, 0.29) is 19.0 Å². The molecule has 1 rings (SSSR count). The van der Waals surface area contributed by atoms with Gasteiger partial charge in [-0.15, -0.1) is 0 Å². The number of carbonyl (C=O) groups is 1. The van der Waals surface area contributed by atoms with Gasteiger partial charge in [-0.25, -0.2) is 13.2 Å². The highest BCUT2D eigenvalue weighted by atomic mass is 19.1. The largest absolute Gasteiger partial charge is 0.379 e. The fraction of sp³-hybridized carbons (Fsp3) is 0.300. The van der Waals surface area contributed by atoms with Gasteiger partial charge in [-0.2, -0.15) is 0 Å². The van der Waals surface area contributed by atoms with Gasteiger partial charge in [-0.1, -0.05) is 0 Å². The van der Waals surface area contributed by atoms with Gasteiger partial charge in [0.15, 0.2) is 11.6 Å². The number of nitrogens with one attached hydrogen (secondary N) is 2. The van der Waals surface area contributed by atoms with E-state index in [1.807, 2.05) is 0 Å². The molecular weight excluding hydrogens is 221 g/mol. The molecular formula is C10H11F3N2O. The van der Waals surface area contributed by atoms with Crippen LogP contribution < -0.4 is 10.6 Å². The predicted molar refractivity (Wildman–Crippen MR) is 53.5 cm³/mol. The molecule has 88 valence electrons. The summed E-state index contributed by atoms with van der Waals surface area (Å²) in [6.07, 6.45) is 0. The molecule has 0 aliphatic rings. The summed E-state index contributed by atoms with van der Waals surface area (Å²) in [4.78, 5) is 10.5. The number of carbonyl (C=O) groups excluding carboxylic acids is 1. The van der Waals surface area contributed by atoms with E-state index in [0.717, 1.165) is 0 Å². The van der Waals surface area contributed by atoms with E-state index in [0.29, 0.717) is 12.1 Å². The highest BCUT2D eigenvalue weighted by Gasteiger charge is 2.10. The zero-order valence-corrected chi connectivity index (χ0v) is 8.61. The Morgan fingerprint density at radius 3 is 2.25 bits per heavy atom. The maximum absolute atomic E-state index is 13.1. The van der Waals surface area contributed by atoms with Crippen molar-refractivity contribution < 1.29 is 18.0 Å². The Kier molecular flexibility index (Phi) is 4.16. The SMILES string of the molecule is CC(=O)NCCNc1c(F)cc(F)cc1F. The predicted octanol–water partition coefficient (Wildman–Crippen LogP) is 1.65. The molecule has 0 radical (unpaired) electrons. The first-order valence-electron chi connectivity index (χ1n) is 4.63. The zero-order chi connectivity index (χ0) is 12.1. The van der Waals surface area contributed by atoms with Crippen LogP contribution in [0.2, 0.25) is 0 Å². The summed E-state index contributed by atoms with van der Waals surface area (Å²) in [7, 11) is 0. The average Bonchev–Trinajstić information content (AvgIpc) is 2.14. The molecule has 0 spiro atoms. The van der Waals surface area contributed by atoms with Gasteiger partial charge < -0.3 is 10.6 Å². The third-order valence-electron chi connectivity index (χ3n) is 1.81. The molecule has 1 aromatic carbocycles. The van der Waals surface area contributed by atoms with Crippen LogP contribution in [-0.2, 0) is 4.79 Å². The highest BCUT2D eigenvalue weighted by Crippen LogP contribution is 2.19. The molecule has 0 saturated carbocycles. The van der Waals surface area contributed by atoms with Gasteiger partial charge in [-0.3, -0.25) is 4.79 Å². The van der Waals surface area contributed by atoms with Crippen molar-refractivity contribution in [1.82, 2.24) is 5.32 Å². The van der Waals surface area contributed by atoms with E-state index >= 15 is 0 Å². The third-order valence-corrected chi connectivity index (χ3v) is 1.81. The first-order chi connectivity index (χ1) is 7.50. The lowest BCUT2D eigenvalue weighted by Crippen LogP contribution is -2.26. The van der Waals surface area contributed by atoms with E-state index in [4.69, 9.17) is 0 Å². The van der Waals surface area contributed by atoms with Crippen LogP contribution in [0.4, 0.5) is 18.9 Å². The number of anilines is 1. The van der Waals surface area contributed by atoms with E-state index in [1.54, 1.807) is 0 Å². The van der Waals surface area contributed by atoms with Crippen molar-refractivity contribution in [2.24, 2.45) is 0 Å². The van der Waals surface area contributed by atoms with Gasteiger partial charge in [0.2, 0.25) is 5.91 Å². The van der Waals surface area contributed by atoms with Crippen molar-refractivity contribution in [3.63, 3.8) is 0 Å². The molecule has 0 bridgehead atoms. The summed E-state index contributed by atoms with van der Waals surface area (Å²) in [6, 6.07) is 1.17. The summed E-state index contributed by atoms with van der Waals surface area (Å²) in [5, 5.41) is 4.88. The number of amides is 1. The molecule has 0 atom stereocenters. The van der Waals surface area contributed by atoms with Crippen molar-refractivity contribution in [1.29, 1.82) is 0 Å². The lowest BCUT2D eigenvalue weighted by atomic mass is 10.3. The Hall–Kier alpha value is -1.72. The van der Waals surface area contributed by atoms with Gasteiger partial charge in [0.05, 0.1) is 0 Å². The fourth-order valence-electron chi connectivity index (χ4n) is 1.14. The number of hydrogen-bond acceptors (Lipinski definition) is 2. The molecule has 3 nitrogen and oxygen atoms in total. The molecule has 6 heteroatoms. The molecule has 2 N–H and O–H groups in total. The Labute approximate surface area is 90.6 Å². The summed E-state index contributed by atoms with van der Waals surface area (Å²) in [5.41, 5.74) is -0.397. The molecule has 0 saturated heterocycles. The zero-order valence-electron chi connectivity index (χ0n) is 8.61. The topological polar surface area (TPSA) is 41.1 Å². The maximum Gasteiger partial charge on any atom is 0.216 e. The van der Waals surface area contributed by atoms with E-state index in [2.05, 4.69) is 10.6 Å². The summed E-state index contributed by atoms with van der Waals surface area (Å²) >= 11 is 0. The molecule has 0 unspecified atom stereocenters. The summed E-state index contributed by atoms with van der Waals surface area (Å²) in [5.74, 6) is -3.20. The third kappa shape index (κ3) is 3.45. The Morgan fingerprint density at radius 2 is 1.75 bits per heavy atom. The lowest BCUT2D eigenvalue weighted by molar-refractivity contribution is -0.118. The monoisotopic (exact) mass is 232 g/mol. The van der Waals surface area contributed by atoms with Gasteiger partial charge >= 0.3 is 0 Å². The van der Waals surface area contributed by atoms with Crippen molar-refractivity contribution in [3.05, 3.63) is 29.6 Å². The van der Waals surface area contributed by atoms with Gasteiger partial charge in [0, 0.05) is 32.1 Å². The van der Waals surface area contributed by atoms with Crippen molar-refractivity contribution in [2.45, 2.75) is 6.92 Å². The summed E-state index contributed by atoms with van der Waals surface area (Å²) in [6.45, 7) is 1.71. The normalized spacial score (nSPS) is 10.0. The standard InChI is InChI=1S/C10H11F3N2O/c1-6(16)14-2-3-15-10-8(12)4-7(11)5-9(10)13/h4-5,15H,2-3H2,1H3,(H,14,16). The van der Waals surface area contributed by atoms with Gasteiger partial charge in [-0.05, 0) is 0 Å². The number of benzene rings is 1. The lowest BCUT2D eigenvalue weighted by Gasteiger charge is -2.08. The summed E-state index contributed by atoms with van der Waals surface area (Å²) < 4.78 is 38.7. The van der Waals surface area contributed by atoms with Crippen molar-refractivity contribution >= 4 is 11.6 Å². The van der Waals surface area contributed by atoms with Crippen molar-refractivity contribution in [3.8, 4) is 0 Å². The first kappa shape index (κ1) is 12.4. The van der Waals surface area contributed by atoms with E-state index < -0.39 is 23.1 Å². The van der Waals surface area contributed by atoms with Crippen molar-refractivity contribution in [2.75, 3.05) is 18.4 Å². The Morgan fingerprint density at radius 1 is 1.19 bits per heavy atom. The molecule has 1 aromatic rings. The van der Waals surface area contributed by atoms with Crippen LogP contribution in [0.15, 0.2) is 12.1 Å². The molecule has 0 aliphatic heterocycles. The van der Waals surface area contributed by atoms with Crippen LogP contribution in [0, 0.1) is 17.5 Å². The van der Waals surface area contributed by atoms with Crippen LogP contribution in [0.1, 0.15) is 6.92 Å². The van der Waals surface area contributed by atoms with Crippen LogP contribution in [0.25, 0.3) is 0 Å².